The number of nitrogens with zero attached hydrogens (tertiary/aromatic N) is 4. The zero-order valence-electron chi connectivity index (χ0n) is 22.9. The van der Waals surface area contributed by atoms with Gasteiger partial charge in [-0.1, -0.05) is 39.0 Å². The molecule has 3 heterocycles. The van der Waals surface area contributed by atoms with Gasteiger partial charge in [-0.05, 0) is 43.2 Å². The number of aliphatic hydroxyl groups excluding tert-OH is 1. The van der Waals surface area contributed by atoms with Crippen molar-refractivity contribution in [3.8, 4) is 5.75 Å². The fourth-order valence-corrected chi connectivity index (χ4v) is 5.50. The van der Waals surface area contributed by atoms with Gasteiger partial charge in [-0.2, -0.15) is 0 Å². The second kappa shape index (κ2) is 11.6. The van der Waals surface area contributed by atoms with Crippen LogP contribution in [0.25, 0.3) is 11.2 Å². The third kappa shape index (κ3) is 6.89. The number of imidazole rings is 1. The minimum absolute atomic E-state index is 0.126. The van der Waals surface area contributed by atoms with Gasteiger partial charge in [0.15, 0.2) is 17.7 Å². The highest BCUT2D eigenvalue weighted by atomic mass is 32.5. The predicted octanol–water partition coefficient (Wildman–Crippen LogP) is 2.57. The molecule has 6 N–H and O–H groups in total. The number of ether oxygens (including phenoxy) is 3. The maximum absolute atomic E-state index is 11.1. The van der Waals surface area contributed by atoms with Crippen LogP contribution in [0, 0.1) is 5.41 Å². The summed E-state index contributed by atoms with van der Waals surface area (Å²) in [6.07, 6.45) is -0.871. The summed E-state index contributed by atoms with van der Waals surface area (Å²) >= 11 is 5.32. The molecular weight excluding hydrogens is 559 g/mol. The Hall–Kier alpha value is -2.84. The van der Waals surface area contributed by atoms with Gasteiger partial charge < -0.3 is 44.7 Å². The number of nitrogen functional groups attached to an aromatic ring is 1. The van der Waals surface area contributed by atoms with Gasteiger partial charge in [-0.25, -0.2) is 15.0 Å². The summed E-state index contributed by atoms with van der Waals surface area (Å²) in [6.45, 7) is 5.42. The topological polar surface area (TPSA) is 179 Å². The first kappa shape index (κ1) is 30.1. The first-order valence-electron chi connectivity index (χ1n) is 12.5. The molecule has 40 heavy (non-hydrogen) atoms. The van der Waals surface area contributed by atoms with E-state index in [2.05, 4.69) is 20.0 Å². The number of hydrogen-bond donors (Lipinski definition) is 5. The van der Waals surface area contributed by atoms with Crippen LogP contribution in [0.5, 0.6) is 5.75 Å². The van der Waals surface area contributed by atoms with E-state index in [9.17, 15) is 15.1 Å². The van der Waals surface area contributed by atoms with Crippen molar-refractivity contribution in [1.82, 2.24) is 24.6 Å². The van der Waals surface area contributed by atoms with Crippen molar-refractivity contribution in [2.24, 2.45) is 5.41 Å². The van der Waals surface area contributed by atoms with Gasteiger partial charge in [0.1, 0.15) is 35.4 Å². The molecule has 1 fully saturated rings. The van der Waals surface area contributed by atoms with Crippen LogP contribution in [-0.2, 0) is 25.8 Å². The molecule has 13 nitrogen and oxygen atoms in total. The van der Waals surface area contributed by atoms with Gasteiger partial charge in [0.2, 0.25) is 0 Å². The number of fused-ring (bicyclic) bond motifs is 1. The average Bonchev–Trinajstić information content (AvgIpc) is 3.39. The monoisotopic (exact) mass is 594 g/mol. The molecule has 4 rings (SSSR count). The fraction of sp³-hybridized carbons (Fsp3) is 0.480. The molecule has 0 amide bonds. The first-order chi connectivity index (χ1) is 18.7. The maximum Gasteiger partial charge on any atom is 0.304 e. The van der Waals surface area contributed by atoms with Crippen molar-refractivity contribution in [3.05, 3.63) is 54.6 Å². The Morgan fingerprint density at radius 3 is 2.62 bits per heavy atom. The molecule has 0 radical (unpaired) electrons. The van der Waals surface area contributed by atoms with E-state index in [0.717, 1.165) is 0 Å². The number of hydrogen-bond acceptors (Lipinski definition) is 11. The Morgan fingerprint density at radius 1 is 1.25 bits per heavy atom. The number of allylic oxidation sites excluding steroid dienone is 1. The minimum atomic E-state index is -3.68. The van der Waals surface area contributed by atoms with Crippen molar-refractivity contribution in [3.63, 3.8) is 0 Å². The molecule has 0 bridgehead atoms. The highest BCUT2D eigenvalue weighted by Gasteiger charge is 2.53. The van der Waals surface area contributed by atoms with Crippen LogP contribution in [0.1, 0.15) is 40.8 Å². The van der Waals surface area contributed by atoms with Crippen molar-refractivity contribution in [2.75, 3.05) is 18.9 Å². The molecular formula is C25H35N6O7PS. The number of benzene rings is 1. The number of para-hydroxylation sites is 1. The molecule has 0 aliphatic carbocycles. The van der Waals surface area contributed by atoms with Gasteiger partial charge >= 0.3 is 5.95 Å². The smallest absolute Gasteiger partial charge is 0.304 e. The van der Waals surface area contributed by atoms with Crippen LogP contribution < -0.4 is 15.6 Å². The van der Waals surface area contributed by atoms with Crippen molar-refractivity contribution in [2.45, 2.75) is 58.7 Å². The van der Waals surface area contributed by atoms with Crippen LogP contribution in [-0.4, -0.2) is 65.6 Å². The Balaban J connectivity index is 1.47. The molecule has 1 aliphatic heterocycles. The number of anilines is 1. The maximum atomic E-state index is 11.1. The Morgan fingerprint density at radius 2 is 1.95 bits per heavy atom. The molecule has 5 atom stereocenters. The normalized spacial score (nSPS) is 25.4. The quantitative estimate of drug-likeness (QED) is 0.171. The second-order valence-corrected chi connectivity index (χ2v) is 13.9. The summed E-state index contributed by atoms with van der Waals surface area (Å²) in [5.74, 6) is 0.829. The van der Waals surface area contributed by atoms with Gasteiger partial charge in [0.05, 0.1) is 25.2 Å². The Kier molecular flexibility index (Phi) is 8.71. The summed E-state index contributed by atoms with van der Waals surface area (Å²) in [5.41, 5.74) is 4.91. The highest BCUT2D eigenvalue weighted by Crippen LogP contribution is 2.44. The predicted molar refractivity (Wildman–Crippen MR) is 151 cm³/mol. The SMILES string of the molecule is CC(N[P@@](O)(=S)OC[C@H]1O[C@@H](n2cnc3c(N)ncnc32)[C@](C)(O)[C@@H]1O)=C(OCC(C)(C)C)Oc1ccccc1. The first-order valence-corrected chi connectivity index (χ1v) is 15.2. The molecule has 2 aromatic heterocycles. The Labute approximate surface area is 237 Å². The van der Waals surface area contributed by atoms with E-state index in [4.69, 9.17) is 36.3 Å². The molecule has 0 unspecified atom stereocenters. The van der Waals surface area contributed by atoms with Crippen molar-refractivity contribution in [1.29, 1.82) is 0 Å². The van der Waals surface area contributed by atoms with Crippen LogP contribution in [0.4, 0.5) is 5.82 Å². The molecule has 218 valence electrons. The lowest BCUT2D eigenvalue weighted by Crippen LogP contribution is -2.44. The molecule has 3 aromatic rings. The Bertz CT molecular complexity index is 1410. The van der Waals surface area contributed by atoms with Crippen LogP contribution in [0.15, 0.2) is 54.6 Å². The minimum Gasteiger partial charge on any atom is -0.463 e. The van der Waals surface area contributed by atoms with E-state index in [1.165, 1.54) is 24.1 Å². The second-order valence-electron chi connectivity index (χ2n) is 10.9. The van der Waals surface area contributed by atoms with Gasteiger partial charge in [0.25, 0.3) is 6.64 Å². The summed E-state index contributed by atoms with van der Waals surface area (Å²) < 4.78 is 24.9. The van der Waals surface area contributed by atoms with E-state index < -0.39 is 30.7 Å². The van der Waals surface area contributed by atoms with E-state index in [1.807, 2.05) is 39.0 Å². The summed E-state index contributed by atoms with van der Waals surface area (Å²) in [5, 5.41) is 24.8. The zero-order valence-corrected chi connectivity index (χ0v) is 24.6. The van der Waals surface area contributed by atoms with Gasteiger partial charge in [0, 0.05) is 0 Å². The van der Waals surface area contributed by atoms with E-state index in [-0.39, 0.29) is 23.8 Å². The fourth-order valence-electron chi connectivity index (χ4n) is 3.98. The lowest BCUT2D eigenvalue weighted by molar-refractivity contribution is -0.0947. The van der Waals surface area contributed by atoms with Crippen LogP contribution >= 0.6 is 6.64 Å². The van der Waals surface area contributed by atoms with Crippen molar-refractivity contribution < 1.29 is 33.8 Å². The third-order valence-corrected chi connectivity index (χ3v) is 7.72. The number of nitrogens with one attached hydrogen (secondary N) is 1. The summed E-state index contributed by atoms with van der Waals surface area (Å²) in [7, 11) is 0. The van der Waals surface area contributed by atoms with E-state index in [0.29, 0.717) is 29.2 Å². The third-order valence-electron chi connectivity index (χ3n) is 6.01. The highest BCUT2D eigenvalue weighted by molar-refractivity contribution is 8.08. The number of nitrogens with two attached hydrogens (primary N) is 1. The van der Waals surface area contributed by atoms with Crippen LogP contribution in [0.3, 0.4) is 0 Å². The van der Waals surface area contributed by atoms with Crippen molar-refractivity contribution >= 4 is 35.4 Å². The molecule has 0 spiro atoms. The number of aromatic nitrogens is 4. The molecule has 1 aromatic carbocycles. The average molecular weight is 595 g/mol. The molecule has 1 saturated heterocycles. The van der Waals surface area contributed by atoms with Gasteiger partial charge in [-0.15, -0.1) is 0 Å². The zero-order chi connectivity index (χ0) is 29.3. The lowest BCUT2D eigenvalue weighted by Gasteiger charge is -2.27. The van der Waals surface area contributed by atoms with Crippen LogP contribution in [0.2, 0.25) is 0 Å². The van der Waals surface area contributed by atoms with E-state index in [1.54, 1.807) is 19.1 Å². The number of rotatable bonds is 10. The summed E-state index contributed by atoms with van der Waals surface area (Å²) in [6, 6.07) is 9.04. The summed E-state index contributed by atoms with van der Waals surface area (Å²) in [4.78, 5) is 23.2. The largest absolute Gasteiger partial charge is 0.463 e. The number of aliphatic hydroxyl groups is 2. The van der Waals surface area contributed by atoms with E-state index >= 15 is 0 Å². The standard InChI is InChI=1S/C25H35N6O7PS/c1-15(22(35-12-24(2,3)4)37-16-9-7-6-8-10-16)30-39(34,40)36-11-17-19(32)25(5,33)23(38-17)31-14-29-18-20(26)27-13-28-21(18)31/h6-10,13-14,17,19,23,32-33H,11-12H2,1-5H3,(H2,26,27,28)(H2,30,34,40)/t17-,19-,23-,25-,39+/m1/s1. The molecule has 15 heteroatoms. The lowest BCUT2D eigenvalue weighted by atomic mass is 9.96. The molecule has 1 aliphatic rings. The van der Waals surface area contributed by atoms with Gasteiger partial charge in [-0.3, -0.25) is 4.57 Å². The molecule has 0 saturated carbocycles.